The standard InChI is InChI=1S/C22H24N2O4/c1-26-18-11-10-16(13-20(18)27-2)14-23-21(25)15-24-22(19-9-6-12-28-19)17-7-4-3-5-8-17/h3-13,22,24H,14-15H2,1-2H3,(H,23,25)/t22-/m0/s1. The van der Waals surface area contributed by atoms with E-state index < -0.39 is 0 Å². The average Bonchev–Trinajstić information content (AvgIpc) is 3.27. The van der Waals surface area contributed by atoms with E-state index in [1.807, 2.05) is 60.7 Å². The van der Waals surface area contributed by atoms with Crippen LogP contribution in [0.1, 0.15) is 22.9 Å². The van der Waals surface area contributed by atoms with Gasteiger partial charge in [0.05, 0.1) is 33.1 Å². The van der Waals surface area contributed by atoms with Gasteiger partial charge in [0.15, 0.2) is 11.5 Å². The minimum atomic E-state index is -0.192. The molecule has 3 rings (SSSR count). The Balaban J connectivity index is 1.58. The Morgan fingerprint density at radius 1 is 1.00 bits per heavy atom. The summed E-state index contributed by atoms with van der Waals surface area (Å²) >= 11 is 0. The van der Waals surface area contributed by atoms with Crippen molar-refractivity contribution in [1.82, 2.24) is 10.6 Å². The highest BCUT2D eigenvalue weighted by Gasteiger charge is 2.17. The smallest absolute Gasteiger partial charge is 0.234 e. The highest BCUT2D eigenvalue weighted by molar-refractivity contribution is 5.78. The van der Waals surface area contributed by atoms with E-state index in [0.717, 1.165) is 16.9 Å². The fraction of sp³-hybridized carbons (Fsp3) is 0.227. The Kier molecular flexibility index (Phi) is 6.70. The molecule has 6 nitrogen and oxygen atoms in total. The molecule has 0 radical (unpaired) electrons. The maximum Gasteiger partial charge on any atom is 0.234 e. The number of nitrogens with one attached hydrogen (secondary N) is 2. The third kappa shape index (κ3) is 4.92. The number of furan rings is 1. The van der Waals surface area contributed by atoms with E-state index in [1.54, 1.807) is 20.5 Å². The quantitative estimate of drug-likeness (QED) is 0.596. The zero-order valence-corrected chi connectivity index (χ0v) is 16.0. The zero-order valence-electron chi connectivity index (χ0n) is 16.0. The molecule has 1 atom stereocenters. The summed E-state index contributed by atoms with van der Waals surface area (Å²) in [6, 6.07) is 19.0. The average molecular weight is 380 g/mol. The van der Waals surface area contributed by atoms with Crippen LogP contribution in [-0.4, -0.2) is 26.7 Å². The first-order valence-electron chi connectivity index (χ1n) is 9.00. The Labute approximate surface area is 164 Å². The second-order valence-electron chi connectivity index (χ2n) is 6.21. The Morgan fingerprint density at radius 3 is 2.46 bits per heavy atom. The molecule has 0 aliphatic carbocycles. The van der Waals surface area contributed by atoms with Gasteiger partial charge in [-0.3, -0.25) is 10.1 Å². The van der Waals surface area contributed by atoms with Crippen LogP contribution in [0.25, 0.3) is 0 Å². The van der Waals surface area contributed by atoms with Gasteiger partial charge in [0.2, 0.25) is 5.91 Å². The molecule has 0 bridgehead atoms. The van der Waals surface area contributed by atoms with Crippen molar-refractivity contribution in [3.63, 3.8) is 0 Å². The van der Waals surface area contributed by atoms with Crippen LogP contribution in [0.2, 0.25) is 0 Å². The summed E-state index contributed by atoms with van der Waals surface area (Å²) in [5.74, 6) is 1.94. The lowest BCUT2D eigenvalue weighted by molar-refractivity contribution is -0.120. The van der Waals surface area contributed by atoms with Crippen molar-refractivity contribution in [2.75, 3.05) is 20.8 Å². The molecule has 28 heavy (non-hydrogen) atoms. The number of hydrogen-bond donors (Lipinski definition) is 2. The third-order valence-corrected chi connectivity index (χ3v) is 4.36. The molecule has 2 N–H and O–H groups in total. The maximum absolute atomic E-state index is 12.3. The van der Waals surface area contributed by atoms with E-state index in [0.29, 0.717) is 18.0 Å². The molecule has 0 aliphatic heterocycles. The summed E-state index contributed by atoms with van der Waals surface area (Å²) in [4.78, 5) is 12.3. The highest BCUT2D eigenvalue weighted by atomic mass is 16.5. The molecule has 0 spiro atoms. The van der Waals surface area contributed by atoms with Gasteiger partial charge < -0.3 is 19.2 Å². The number of rotatable bonds is 9. The normalized spacial score (nSPS) is 11.6. The van der Waals surface area contributed by atoms with Crippen molar-refractivity contribution in [1.29, 1.82) is 0 Å². The van der Waals surface area contributed by atoms with Gasteiger partial charge in [-0.1, -0.05) is 36.4 Å². The number of methoxy groups -OCH3 is 2. The summed E-state index contributed by atoms with van der Waals surface area (Å²) in [5.41, 5.74) is 1.96. The topological polar surface area (TPSA) is 72.7 Å². The molecule has 3 aromatic rings. The number of hydrogen-bond acceptors (Lipinski definition) is 5. The van der Waals surface area contributed by atoms with Gasteiger partial charge in [-0.25, -0.2) is 0 Å². The van der Waals surface area contributed by atoms with Crippen LogP contribution in [0.3, 0.4) is 0 Å². The number of amides is 1. The minimum absolute atomic E-state index is 0.109. The lowest BCUT2D eigenvalue weighted by Gasteiger charge is -2.17. The Bertz CT molecular complexity index is 879. The molecule has 0 aliphatic rings. The first kappa shape index (κ1) is 19.5. The van der Waals surface area contributed by atoms with Gasteiger partial charge in [0, 0.05) is 6.54 Å². The summed E-state index contributed by atoms with van der Waals surface area (Å²) < 4.78 is 16.1. The van der Waals surface area contributed by atoms with E-state index >= 15 is 0 Å². The van der Waals surface area contributed by atoms with Crippen molar-refractivity contribution in [2.24, 2.45) is 0 Å². The number of carbonyl (C=O) groups excluding carboxylic acids is 1. The summed E-state index contributed by atoms with van der Waals surface area (Å²) in [7, 11) is 3.18. The van der Waals surface area contributed by atoms with Crippen LogP contribution in [0.15, 0.2) is 71.3 Å². The van der Waals surface area contributed by atoms with Crippen molar-refractivity contribution < 1.29 is 18.7 Å². The second kappa shape index (κ2) is 9.62. The van der Waals surface area contributed by atoms with Crippen molar-refractivity contribution in [2.45, 2.75) is 12.6 Å². The van der Waals surface area contributed by atoms with Crippen LogP contribution in [-0.2, 0) is 11.3 Å². The molecule has 146 valence electrons. The van der Waals surface area contributed by atoms with Gasteiger partial charge in [-0.2, -0.15) is 0 Å². The first-order chi connectivity index (χ1) is 13.7. The third-order valence-electron chi connectivity index (χ3n) is 4.36. The lowest BCUT2D eigenvalue weighted by Crippen LogP contribution is -2.35. The number of carbonyl (C=O) groups is 1. The van der Waals surface area contributed by atoms with Gasteiger partial charge in [-0.05, 0) is 35.4 Å². The summed E-state index contributed by atoms with van der Waals surface area (Å²) in [5, 5.41) is 6.18. The maximum atomic E-state index is 12.3. The Morgan fingerprint density at radius 2 is 1.79 bits per heavy atom. The second-order valence-corrected chi connectivity index (χ2v) is 6.21. The van der Waals surface area contributed by atoms with Gasteiger partial charge >= 0.3 is 0 Å². The predicted molar refractivity (Wildman–Crippen MR) is 106 cm³/mol. The van der Waals surface area contributed by atoms with Crippen LogP contribution in [0.5, 0.6) is 11.5 Å². The summed E-state index contributed by atoms with van der Waals surface area (Å²) in [6.07, 6.45) is 1.63. The van der Waals surface area contributed by atoms with Gasteiger partial charge in [0.25, 0.3) is 0 Å². The van der Waals surface area contributed by atoms with Gasteiger partial charge in [-0.15, -0.1) is 0 Å². The molecule has 1 amide bonds. The molecular weight excluding hydrogens is 356 g/mol. The molecule has 1 aromatic heterocycles. The lowest BCUT2D eigenvalue weighted by atomic mass is 10.0. The fourth-order valence-electron chi connectivity index (χ4n) is 2.93. The van der Waals surface area contributed by atoms with Crippen molar-refractivity contribution in [3.05, 3.63) is 83.8 Å². The van der Waals surface area contributed by atoms with E-state index in [-0.39, 0.29) is 18.5 Å². The number of ether oxygens (including phenoxy) is 2. The largest absolute Gasteiger partial charge is 0.493 e. The predicted octanol–water partition coefficient (Wildman–Crippen LogP) is 3.29. The SMILES string of the molecule is COc1ccc(CNC(=O)CN[C@@H](c2ccccc2)c2ccco2)cc1OC. The van der Waals surface area contributed by atoms with E-state index in [2.05, 4.69) is 10.6 Å². The summed E-state index contributed by atoms with van der Waals surface area (Å²) in [6.45, 7) is 0.561. The van der Waals surface area contributed by atoms with Crippen LogP contribution in [0.4, 0.5) is 0 Å². The van der Waals surface area contributed by atoms with E-state index in [9.17, 15) is 4.79 Å². The van der Waals surface area contributed by atoms with Gasteiger partial charge in [0.1, 0.15) is 5.76 Å². The molecular formula is C22H24N2O4. The molecule has 0 fully saturated rings. The molecule has 0 saturated carbocycles. The molecule has 0 saturated heterocycles. The molecule has 2 aromatic carbocycles. The molecule has 0 unspecified atom stereocenters. The highest BCUT2D eigenvalue weighted by Crippen LogP contribution is 2.27. The van der Waals surface area contributed by atoms with Crippen LogP contribution in [0, 0.1) is 0 Å². The van der Waals surface area contributed by atoms with Crippen LogP contribution >= 0.6 is 0 Å². The first-order valence-corrected chi connectivity index (χ1v) is 9.00. The van der Waals surface area contributed by atoms with Crippen molar-refractivity contribution in [3.8, 4) is 11.5 Å². The van der Waals surface area contributed by atoms with Crippen LogP contribution < -0.4 is 20.1 Å². The monoisotopic (exact) mass is 380 g/mol. The van der Waals surface area contributed by atoms with Crippen molar-refractivity contribution >= 4 is 5.91 Å². The van der Waals surface area contributed by atoms with E-state index in [1.165, 1.54) is 0 Å². The Hall–Kier alpha value is -3.25. The molecule has 1 heterocycles. The zero-order chi connectivity index (χ0) is 19.8. The fourth-order valence-corrected chi connectivity index (χ4v) is 2.93. The van der Waals surface area contributed by atoms with E-state index in [4.69, 9.17) is 13.9 Å². The number of benzene rings is 2. The minimum Gasteiger partial charge on any atom is -0.493 e. The molecule has 6 heteroatoms.